The van der Waals surface area contributed by atoms with Gasteiger partial charge in [-0.15, -0.1) is 15.7 Å². The summed E-state index contributed by atoms with van der Waals surface area (Å²) in [6.45, 7) is -0.125. The molecule has 0 spiro atoms. The van der Waals surface area contributed by atoms with Crippen molar-refractivity contribution in [1.29, 1.82) is 0 Å². The molecule has 2 heterocycles. The number of fused-ring (bicyclic) bond motifs is 1. The summed E-state index contributed by atoms with van der Waals surface area (Å²) in [7, 11) is -2.63. The molecule has 0 aliphatic carbocycles. The van der Waals surface area contributed by atoms with Crippen molar-refractivity contribution in [2.45, 2.75) is 10.8 Å². The van der Waals surface area contributed by atoms with Crippen LogP contribution in [0.15, 0.2) is 45.0 Å². The SMILES string of the molecule is COC(=O)Cn1/c(=N/S(=O)(=O)c2ccc(Cl)s2)sc2ccccc21. The summed E-state index contributed by atoms with van der Waals surface area (Å²) in [5, 5.41) is 0. The zero-order valence-electron chi connectivity index (χ0n) is 12.3. The zero-order chi connectivity index (χ0) is 17.3. The second kappa shape index (κ2) is 6.67. The molecule has 6 nitrogen and oxygen atoms in total. The number of carbonyl (C=O) groups excluding carboxylic acids is 1. The Kier molecular flexibility index (Phi) is 4.77. The summed E-state index contributed by atoms with van der Waals surface area (Å²) < 4.78 is 36.3. The number of ether oxygens (including phenoxy) is 1. The van der Waals surface area contributed by atoms with Crippen molar-refractivity contribution in [3.63, 3.8) is 0 Å². The topological polar surface area (TPSA) is 77.7 Å². The van der Waals surface area contributed by atoms with E-state index in [9.17, 15) is 13.2 Å². The van der Waals surface area contributed by atoms with Gasteiger partial charge in [0.2, 0.25) is 4.80 Å². The predicted octanol–water partition coefficient (Wildman–Crippen LogP) is 2.88. The number of esters is 1. The number of thiazole rings is 1. The fourth-order valence-corrected chi connectivity index (χ4v) is 5.71. The summed E-state index contributed by atoms with van der Waals surface area (Å²) in [5.74, 6) is -0.489. The lowest BCUT2D eigenvalue weighted by molar-refractivity contribution is -0.141. The Morgan fingerprint density at radius 2 is 2.00 bits per heavy atom. The first-order valence-corrected chi connectivity index (χ1v) is 10.1. The highest BCUT2D eigenvalue weighted by Crippen LogP contribution is 2.27. The fraction of sp³-hybridized carbons (Fsp3) is 0.143. The van der Waals surface area contributed by atoms with E-state index in [1.54, 1.807) is 12.1 Å². The van der Waals surface area contributed by atoms with Crippen LogP contribution in [0.3, 0.4) is 0 Å². The number of methoxy groups -OCH3 is 1. The van der Waals surface area contributed by atoms with Crippen LogP contribution in [0.5, 0.6) is 0 Å². The molecular weight excluding hydrogens is 392 g/mol. The maximum Gasteiger partial charge on any atom is 0.325 e. The molecule has 0 N–H and O–H groups in total. The molecule has 3 rings (SSSR count). The van der Waals surface area contributed by atoms with Crippen LogP contribution >= 0.6 is 34.3 Å². The number of hydrogen-bond acceptors (Lipinski definition) is 6. The monoisotopic (exact) mass is 402 g/mol. The lowest BCUT2D eigenvalue weighted by atomic mass is 10.3. The minimum absolute atomic E-state index is 0.0505. The Bertz CT molecular complexity index is 1080. The lowest BCUT2D eigenvalue weighted by Crippen LogP contribution is -2.22. The Hall–Kier alpha value is -1.68. The van der Waals surface area contributed by atoms with Crippen molar-refractivity contribution in [1.82, 2.24) is 4.57 Å². The minimum atomic E-state index is -3.91. The molecule has 24 heavy (non-hydrogen) atoms. The van der Waals surface area contributed by atoms with Gasteiger partial charge in [-0.2, -0.15) is 8.42 Å². The van der Waals surface area contributed by atoms with Gasteiger partial charge in [0.05, 0.1) is 21.7 Å². The number of carbonyl (C=O) groups is 1. The molecule has 0 atom stereocenters. The van der Waals surface area contributed by atoms with Gasteiger partial charge >= 0.3 is 5.97 Å². The number of para-hydroxylation sites is 1. The van der Waals surface area contributed by atoms with Crippen LogP contribution in [0.25, 0.3) is 10.2 Å². The van der Waals surface area contributed by atoms with Gasteiger partial charge in [-0.05, 0) is 24.3 Å². The fourth-order valence-electron chi connectivity index (χ4n) is 2.02. The Morgan fingerprint density at radius 1 is 1.25 bits per heavy atom. The van der Waals surface area contributed by atoms with E-state index in [-0.39, 0.29) is 15.6 Å². The van der Waals surface area contributed by atoms with Gasteiger partial charge in [-0.1, -0.05) is 35.1 Å². The zero-order valence-corrected chi connectivity index (χ0v) is 15.5. The summed E-state index contributed by atoms with van der Waals surface area (Å²) in [4.78, 5) is 11.9. The normalized spacial score (nSPS) is 12.7. The lowest BCUT2D eigenvalue weighted by Gasteiger charge is -2.03. The molecule has 0 amide bonds. The summed E-state index contributed by atoms with van der Waals surface area (Å²) in [5.41, 5.74) is 0.714. The van der Waals surface area contributed by atoms with Gasteiger partial charge in [0.15, 0.2) is 0 Å². The third-order valence-corrected chi connectivity index (χ3v) is 7.24. The second-order valence-corrected chi connectivity index (χ2v) is 9.19. The smallest absolute Gasteiger partial charge is 0.325 e. The first-order chi connectivity index (χ1) is 11.4. The van der Waals surface area contributed by atoms with Crippen molar-refractivity contribution in [3.05, 3.63) is 45.5 Å². The molecule has 0 aliphatic rings. The van der Waals surface area contributed by atoms with Gasteiger partial charge in [-0.3, -0.25) is 4.79 Å². The van der Waals surface area contributed by atoms with E-state index in [0.29, 0.717) is 9.85 Å². The first kappa shape index (κ1) is 17.2. The molecule has 2 aromatic heterocycles. The number of thiophene rings is 1. The average molecular weight is 403 g/mol. The molecule has 0 unspecified atom stereocenters. The summed E-state index contributed by atoms with van der Waals surface area (Å²) in [6, 6.07) is 10.2. The number of aromatic nitrogens is 1. The van der Waals surface area contributed by atoms with Crippen molar-refractivity contribution in [3.8, 4) is 0 Å². The van der Waals surface area contributed by atoms with E-state index >= 15 is 0 Å². The van der Waals surface area contributed by atoms with Gasteiger partial charge in [0.25, 0.3) is 10.0 Å². The maximum atomic E-state index is 12.5. The molecule has 0 saturated carbocycles. The van der Waals surface area contributed by atoms with E-state index in [1.807, 2.05) is 12.1 Å². The Balaban J connectivity index is 2.21. The largest absolute Gasteiger partial charge is 0.468 e. The van der Waals surface area contributed by atoms with Gasteiger partial charge in [0.1, 0.15) is 10.8 Å². The molecule has 0 aliphatic heterocycles. The molecule has 3 aromatic rings. The van der Waals surface area contributed by atoms with Gasteiger partial charge in [0, 0.05) is 0 Å². The van der Waals surface area contributed by atoms with Gasteiger partial charge in [-0.25, -0.2) is 0 Å². The highest BCUT2D eigenvalue weighted by molar-refractivity contribution is 7.92. The number of sulfonamides is 1. The van der Waals surface area contributed by atoms with E-state index in [1.165, 1.54) is 35.1 Å². The van der Waals surface area contributed by atoms with Gasteiger partial charge < -0.3 is 9.30 Å². The predicted molar refractivity (Wildman–Crippen MR) is 93.9 cm³/mol. The molecule has 0 radical (unpaired) electrons. The third-order valence-electron chi connectivity index (χ3n) is 3.10. The molecule has 10 heteroatoms. The van der Waals surface area contributed by atoms with Crippen LogP contribution in [0.4, 0.5) is 0 Å². The van der Waals surface area contributed by atoms with E-state index < -0.39 is 16.0 Å². The van der Waals surface area contributed by atoms with Crippen molar-refractivity contribution in [2.75, 3.05) is 7.11 Å². The first-order valence-electron chi connectivity index (χ1n) is 6.62. The summed E-state index contributed by atoms with van der Waals surface area (Å²) >= 11 is 7.92. The Morgan fingerprint density at radius 3 is 2.67 bits per heavy atom. The highest BCUT2D eigenvalue weighted by atomic mass is 35.5. The van der Waals surface area contributed by atoms with Crippen LogP contribution in [0, 0.1) is 0 Å². The molecule has 1 aromatic carbocycles. The van der Waals surface area contributed by atoms with Crippen LogP contribution in [-0.4, -0.2) is 26.1 Å². The number of benzene rings is 1. The number of rotatable bonds is 4. The van der Waals surface area contributed by atoms with E-state index in [0.717, 1.165) is 16.0 Å². The molecule has 0 saturated heterocycles. The van der Waals surface area contributed by atoms with E-state index in [4.69, 9.17) is 11.6 Å². The number of hydrogen-bond donors (Lipinski definition) is 0. The highest BCUT2D eigenvalue weighted by Gasteiger charge is 2.18. The number of nitrogens with zero attached hydrogens (tertiary/aromatic N) is 2. The van der Waals surface area contributed by atoms with Crippen molar-refractivity contribution in [2.24, 2.45) is 4.40 Å². The average Bonchev–Trinajstić information content (AvgIpc) is 3.12. The molecular formula is C14H11ClN2O4S3. The van der Waals surface area contributed by atoms with Crippen molar-refractivity contribution >= 4 is 60.5 Å². The minimum Gasteiger partial charge on any atom is -0.468 e. The molecule has 0 fully saturated rings. The number of halogens is 1. The maximum absolute atomic E-state index is 12.5. The van der Waals surface area contributed by atoms with Crippen LogP contribution in [-0.2, 0) is 26.1 Å². The van der Waals surface area contributed by atoms with E-state index in [2.05, 4.69) is 9.13 Å². The van der Waals surface area contributed by atoms with Crippen molar-refractivity contribution < 1.29 is 17.9 Å². The summed E-state index contributed by atoms with van der Waals surface area (Å²) in [6.07, 6.45) is 0. The van der Waals surface area contributed by atoms with Crippen LogP contribution in [0.1, 0.15) is 0 Å². The van der Waals surface area contributed by atoms with Crippen LogP contribution < -0.4 is 4.80 Å². The molecule has 0 bridgehead atoms. The second-order valence-electron chi connectivity index (χ2n) is 4.64. The quantitative estimate of drug-likeness (QED) is 0.628. The van der Waals surface area contributed by atoms with Crippen LogP contribution in [0.2, 0.25) is 4.34 Å². The third kappa shape index (κ3) is 3.39. The molecule has 126 valence electrons. The standard InChI is InChI=1S/C14H11ClN2O4S3/c1-21-12(18)8-17-9-4-2-3-5-10(9)22-14(17)16-24(19,20)13-7-6-11(15)23-13/h2-7H,8H2,1H3/b16-14-. The Labute approximate surface area is 150 Å².